The minimum atomic E-state index is -0.533. The standard InChI is InChI=1S/C21H20O6/c1-12-17(25-11-13-7-9-18(26-13)21(23)24-2)10-8-15-14-5-3-4-6-16(14)20(22)27-19(12)15/h7-10H,3-6,11H2,1-2H3. The summed E-state index contributed by atoms with van der Waals surface area (Å²) in [6.45, 7) is 2.02. The molecule has 6 nitrogen and oxygen atoms in total. The van der Waals surface area contributed by atoms with E-state index >= 15 is 0 Å². The van der Waals surface area contributed by atoms with Gasteiger partial charge in [-0.25, -0.2) is 9.59 Å². The summed E-state index contributed by atoms with van der Waals surface area (Å²) >= 11 is 0. The maximum Gasteiger partial charge on any atom is 0.373 e. The number of ether oxygens (including phenoxy) is 2. The molecule has 0 atom stereocenters. The number of esters is 1. The van der Waals surface area contributed by atoms with Crippen LogP contribution >= 0.6 is 0 Å². The average Bonchev–Trinajstić information content (AvgIpc) is 3.17. The molecule has 4 rings (SSSR count). The molecule has 6 heteroatoms. The zero-order valence-electron chi connectivity index (χ0n) is 15.3. The number of aryl methyl sites for hydroxylation is 2. The van der Waals surface area contributed by atoms with Crippen LogP contribution in [-0.4, -0.2) is 13.1 Å². The molecule has 2 aromatic heterocycles. The second-order valence-electron chi connectivity index (χ2n) is 6.67. The van der Waals surface area contributed by atoms with E-state index in [0.29, 0.717) is 17.1 Å². The summed E-state index contributed by atoms with van der Waals surface area (Å²) in [5.74, 6) is 0.706. The van der Waals surface area contributed by atoms with Crippen molar-refractivity contribution in [2.45, 2.75) is 39.2 Å². The van der Waals surface area contributed by atoms with E-state index in [2.05, 4.69) is 4.74 Å². The second-order valence-corrected chi connectivity index (χ2v) is 6.67. The van der Waals surface area contributed by atoms with Gasteiger partial charge in [0.1, 0.15) is 23.7 Å². The Morgan fingerprint density at radius 1 is 1.07 bits per heavy atom. The number of rotatable bonds is 4. The largest absolute Gasteiger partial charge is 0.485 e. The molecule has 1 aliphatic rings. The monoisotopic (exact) mass is 368 g/mol. The zero-order chi connectivity index (χ0) is 19.0. The van der Waals surface area contributed by atoms with Gasteiger partial charge in [0.25, 0.3) is 0 Å². The van der Waals surface area contributed by atoms with Gasteiger partial charge in [-0.15, -0.1) is 0 Å². The molecule has 0 unspecified atom stereocenters. The van der Waals surface area contributed by atoms with Gasteiger partial charge in [0.2, 0.25) is 5.76 Å². The summed E-state index contributed by atoms with van der Waals surface area (Å²) in [6, 6.07) is 7.05. The number of furan rings is 1. The summed E-state index contributed by atoms with van der Waals surface area (Å²) in [7, 11) is 1.30. The van der Waals surface area contributed by atoms with Gasteiger partial charge in [0.05, 0.1) is 7.11 Å². The second kappa shape index (κ2) is 6.95. The van der Waals surface area contributed by atoms with E-state index in [4.69, 9.17) is 13.6 Å². The van der Waals surface area contributed by atoms with E-state index in [1.165, 1.54) is 7.11 Å². The van der Waals surface area contributed by atoms with Gasteiger partial charge in [-0.1, -0.05) is 0 Å². The number of methoxy groups -OCH3 is 1. The van der Waals surface area contributed by atoms with Crippen LogP contribution in [0.25, 0.3) is 11.0 Å². The highest BCUT2D eigenvalue weighted by Crippen LogP contribution is 2.32. The lowest BCUT2D eigenvalue weighted by atomic mass is 9.90. The molecule has 0 N–H and O–H groups in total. The SMILES string of the molecule is COC(=O)c1ccc(COc2ccc3c4c(c(=O)oc3c2C)CCCC4)o1. The first kappa shape index (κ1) is 17.4. The molecule has 0 radical (unpaired) electrons. The lowest BCUT2D eigenvalue weighted by Crippen LogP contribution is -2.16. The fourth-order valence-electron chi connectivity index (χ4n) is 3.60. The average molecular weight is 368 g/mol. The molecule has 0 saturated carbocycles. The van der Waals surface area contributed by atoms with Gasteiger partial charge in [0, 0.05) is 16.5 Å². The molecule has 1 aromatic carbocycles. The van der Waals surface area contributed by atoms with E-state index in [0.717, 1.165) is 47.8 Å². The summed E-state index contributed by atoms with van der Waals surface area (Å²) in [5, 5.41) is 0.986. The van der Waals surface area contributed by atoms with Crippen molar-refractivity contribution in [1.82, 2.24) is 0 Å². The first-order valence-electron chi connectivity index (χ1n) is 8.96. The van der Waals surface area contributed by atoms with Crippen LogP contribution in [0.2, 0.25) is 0 Å². The quantitative estimate of drug-likeness (QED) is 0.513. The molecule has 0 amide bonds. The molecule has 1 aliphatic carbocycles. The Morgan fingerprint density at radius 3 is 2.63 bits per heavy atom. The van der Waals surface area contributed by atoms with E-state index < -0.39 is 5.97 Å². The van der Waals surface area contributed by atoms with Crippen LogP contribution in [0.1, 0.15) is 45.8 Å². The minimum absolute atomic E-state index is 0.129. The van der Waals surface area contributed by atoms with Crippen molar-refractivity contribution >= 4 is 16.9 Å². The van der Waals surface area contributed by atoms with Gasteiger partial charge in [-0.2, -0.15) is 0 Å². The summed E-state index contributed by atoms with van der Waals surface area (Å²) in [5.41, 5.74) is 3.03. The highest BCUT2D eigenvalue weighted by molar-refractivity contribution is 5.86. The normalized spacial score (nSPS) is 13.4. The fourth-order valence-corrected chi connectivity index (χ4v) is 3.60. The summed E-state index contributed by atoms with van der Waals surface area (Å²) in [4.78, 5) is 23.8. The predicted octanol–water partition coefficient (Wildman–Crippen LogP) is 3.94. The van der Waals surface area contributed by atoms with E-state index in [-0.39, 0.29) is 18.0 Å². The third-order valence-corrected chi connectivity index (χ3v) is 5.01. The van der Waals surface area contributed by atoms with Crippen LogP contribution in [0.3, 0.4) is 0 Å². The van der Waals surface area contributed by atoms with Crippen molar-refractivity contribution in [2.75, 3.05) is 7.11 Å². The van der Waals surface area contributed by atoms with Crippen molar-refractivity contribution < 1.29 is 23.1 Å². The van der Waals surface area contributed by atoms with Gasteiger partial charge in [0.15, 0.2) is 0 Å². The molecule has 3 aromatic rings. The highest BCUT2D eigenvalue weighted by atomic mass is 16.5. The smallest absolute Gasteiger partial charge is 0.373 e. The Hall–Kier alpha value is -3.02. The van der Waals surface area contributed by atoms with E-state index in [1.54, 1.807) is 12.1 Å². The van der Waals surface area contributed by atoms with Crippen molar-refractivity contribution in [3.8, 4) is 5.75 Å². The Balaban J connectivity index is 1.63. The molecule has 0 bridgehead atoms. The van der Waals surface area contributed by atoms with E-state index in [9.17, 15) is 9.59 Å². The lowest BCUT2D eigenvalue weighted by Gasteiger charge is -2.17. The highest BCUT2D eigenvalue weighted by Gasteiger charge is 2.20. The number of carbonyl (C=O) groups is 1. The molecule has 0 aliphatic heterocycles. The van der Waals surface area contributed by atoms with Gasteiger partial charge < -0.3 is 18.3 Å². The summed E-state index contributed by atoms with van der Waals surface area (Å²) in [6.07, 6.45) is 3.80. The fraction of sp³-hybridized carbons (Fsp3) is 0.333. The van der Waals surface area contributed by atoms with Crippen LogP contribution in [0, 0.1) is 6.92 Å². The Kier molecular flexibility index (Phi) is 4.48. The van der Waals surface area contributed by atoms with Crippen LogP contribution in [0.4, 0.5) is 0 Å². The Bertz CT molecular complexity index is 1070. The lowest BCUT2D eigenvalue weighted by molar-refractivity contribution is 0.0561. The van der Waals surface area contributed by atoms with Crippen molar-refractivity contribution in [3.63, 3.8) is 0 Å². The Morgan fingerprint density at radius 2 is 1.85 bits per heavy atom. The maximum atomic E-state index is 12.3. The third kappa shape index (κ3) is 3.12. The van der Waals surface area contributed by atoms with Gasteiger partial charge in [-0.05, 0) is 62.4 Å². The molecular weight excluding hydrogens is 348 g/mol. The van der Waals surface area contributed by atoms with Crippen molar-refractivity contribution in [2.24, 2.45) is 0 Å². The van der Waals surface area contributed by atoms with Crippen LogP contribution in [-0.2, 0) is 24.2 Å². The zero-order valence-corrected chi connectivity index (χ0v) is 15.3. The van der Waals surface area contributed by atoms with Gasteiger partial charge in [-0.3, -0.25) is 0 Å². The number of fused-ring (bicyclic) bond motifs is 3. The third-order valence-electron chi connectivity index (χ3n) is 5.01. The first-order chi connectivity index (χ1) is 13.1. The Labute approximate surface area is 155 Å². The minimum Gasteiger partial charge on any atom is -0.485 e. The topological polar surface area (TPSA) is 78.9 Å². The molecule has 0 saturated heterocycles. The summed E-state index contributed by atoms with van der Waals surface area (Å²) < 4.78 is 21.5. The van der Waals surface area contributed by atoms with Crippen molar-refractivity contribution in [1.29, 1.82) is 0 Å². The molecule has 27 heavy (non-hydrogen) atoms. The van der Waals surface area contributed by atoms with E-state index in [1.807, 2.05) is 19.1 Å². The molecule has 0 spiro atoms. The molecule has 140 valence electrons. The first-order valence-corrected chi connectivity index (χ1v) is 8.96. The predicted molar refractivity (Wildman–Crippen MR) is 98.2 cm³/mol. The van der Waals surface area contributed by atoms with Crippen LogP contribution in [0.15, 0.2) is 37.9 Å². The van der Waals surface area contributed by atoms with Crippen molar-refractivity contribution in [3.05, 3.63) is 62.9 Å². The number of benzene rings is 1. The molecule has 2 heterocycles. The molecule has 0 fully saturated rings. The van der Waals surface area contributed by atoms with Crippen LogP contribution < -0.4 is 10.4 Å². The van der Waals surface area contributed by atoms with Crippen LogP contribution in [0.5, 0.6) is 5.75 Å². The van der Waals surface area contributed by atoms with Gasteiger partial charge >= 0.3 is 11.6 Å². The number of hydrogen-bond donors (Lipinski definition) is 0. The maximum absolute atomic E-state index is 12.3. The number of hydrogen-bond acceptors (Lipinski definition) is 6. The molecular formula is C21H20O6. The number of carbonyl (C=O) groups excluding carboxylic acids is 1.